The van der Waals surface area contributed by atoms with Crippen molar-refractivity contribution < 1.29 is 9.59 Å². The summed E-state index contributed by atoms with van der Waals surface area (Å²) >= 11 is 0. The SMILES string of the molecule is CCCCN(NC(=O)c1ccc(C(C)(C)C)cc1)C(=O)c1ccc(C)c(C)c1. The van der Waals surface area contributed by atoms with E-state index in [9.17, 15) is 9.59 Å². The van der Waals surface area contributed by atoms with E-state index in [2.05, 4.69) is 33.1 Å². The summed E-state index contributed by atoms with van der Waals surface area (Å²) in [5.41, 5.74) is 7.33. The summed E-state index contributed by atoms with van der Waals surface area (Å²) in [6.45, 7) is 12.9. The van der Waals surface area contributed by atoms with Crippen LogP contribution in [-0.4, -0.2) is 23.4 Å². The maximum absolute atomic E-state index is 13.0. The summed E-state index contributed by atoms with van der Waals surface area (Å²) in [5, 5.41) is 1.44. The largest absolute Gasteiger partial charge is 0.272 e. The van der Waals surface area contributed by atoms with Crippen molar-refractivity contribution in [1.82, 2.24) is 10.4 Å². The van der Waals surface area contributed by atoms with Crippen molar-refractivity contribution in [3.63, 3.8) is 0 Å². The number of nitrogens with one attached hydrogen (secondary N) is 1. The van der Waals surface area contributed by atoms with E-state index in [0.29, 0.717) is 17.7 Å². The third-order valence-electron chi connectivity index (χ3n) is 4.98. The normalized spacial score (nSPS) is 11.2. The lowest BCUT2D eigenvalue weighted by Crippen LogP contribution is -2.46. The Balaban J connectivity index is 2.19. The number of benzene rings is 2. The lowest BCUT2D eigenvalue weighted by Gasteiger charge is -2.24. The highest BCUT2D eigenvalue weighted by Gasteiger charge is 2.20. The van der Waals surface area contributed by atoms with Crippen molar-refractivity contribution in [3.05, 3.63) is 70.3 Å². The molecule has 0 aliphatic carbocycles. The van der Waals surface area contributed by atoms with Gasteiger partial charge in [-0.25, -0.2) is 5.01 Å². The number of aryl methyl sites for hydroxylation is 2. The van der Waals surface area contributed by atoms with Gasteiger partial charge in [0.15, 0.2) is 0 Å². The van der Waals surface area contributed by atoms with Gasteiger partial charge in [-0.3, -0.25) is 15.0 Å². The monoisotopic (exact) mass is 380 g/mol. The van der Waals surface area contributed by atoms with Gasteiger partial charge in [0, 0.05) is 17.7 Å². The molecular weight excluding hydrogens is 348 g/mol. The predicted molar refractivity (Wildman–Crippen MR) is 114 cm³/mol. The molecule has 0 saturated carbocycles. The molecule has 0 aliphatic heterocycles. The summed E-state index contributed by atoms with van der Waals surface area (Å²) in [7, 11) is 0. The van der Waals surface area contributed by atoms with Crippen molar-refractivity contribution in [1.29, 1.82) is 0 Å². The Morgan fingerprint density at radius 2 is 1.54 bits per heavy atom. The van der Waals surface area contributed by atoms with E-state index in [0.717, 1.165) is 29.5 Å². The molecule has 4 heteroatoms. The summed E-state index contributed by atoms with van der Waals surface area (Å²) in [6.07, 6.45) is 1.76. The Morgan fingerprint density at radius 1 is 0.929 bits per heavy atom. The number of hydrogen-bond donors (Lipinski definition) is 1. The van der Waals surface area contributed by atoms with Crippen LogP contribution in [0, 0.1) is 13.8 Å². The van der Waals surface area contributed by atoms with Gasteiger partial charge >= 0.3 is 0 Å². The molecule has 2 amide bonds. The van der Waals surface area contributed by atoms with Crippen LogP contribution in [0.1, 0.15) is 77.9 Å². The predicted octanol–water partition coefficient (Wildman–Crippen LogP) is 5.19. The van der Waals surface area contributed by atoms with Crippen LogP contribution in [0.2, 0.25) is 0 Å². The van der Waals surface area contributed by atoms with Gasteiger partial charge < -0.3 is 0 Å². The number of amides is 2. The number of carbonyl (C=O) groups excluding carboxylic acids is 2. The van der Waals surface area contributed by atoms with Gasteiger partial charge in [-0.1, -0.05) is 52.3 Å². The Morgan fingerprint density at radius 3 is 2.07 bits per heavy atom. The molecule has 150 valence electrons. The van der Waals surface area contributed by atoms with Crippen molar-refractivity contribution in [2.75, 3.05) is 6.54 Å². The highest BCUT2D eigenvalue weighted by molar-refractivity contribution is 5.99. The lowest BCUT2D eigenvalue weighted by atomic mass is 9.87. The van der Waals surface area contributed by atoms with Gasteiger partial charge in [0.2, 0.25) is 0 Å². The molecule has 0 aliphatic rings. The van der Waals surface area contributed by atoms with Crippen molar-refractivity contribution in [2.45, 2.75) is 59.8 Å². The molecule has 2 aromatic carbocycles. The summed E-state index contributed by atoms with van der Waals surface area (Å²) in [5.74, 6) is -0.454. The third-order valence-corrected chi connectivity index (χ3v) is 4.98. The summed E-state index contributed by atoms with van der Waals surface area (Å²) in [6, 6.07) is 13.2. The van der Waals surface area contributed by atoms with Crippen LogP contribution in [-0.2, 0) is 5.41 Å². The van der Waals surface area contributed by atoms with E-state index in [1.807, 2.05) is 56.3 Å². The number of nitrogens with zero attached hydrogens (tertiary/aromatic N) is 1. The number of hydrazine groups is 1. The van der Waals surface area contributed by atoms with Crippen molar-refractivity contribution >= 4 is 11.8 Å². The van der Waals surface area contributed by atoms with Crippen LogP contribution >= 0.6 is 0 Å². The second-order valence-corrected chi connectivity index (χ2v) is 8.38. The molecule has 0 heterocycles. The maximum Gasteiger partial charge on any atom is 0.272 e. The molecule has 0 saturated heterocycles. The van der Waals surface area contributed by atoms with Crippen LogP contribution in [0.3, 0.4) is 0 Å². The second kappa shape index (κ2) is 9.05. The lowest BCUT2D eigenvalue weighted by molar-refractivity contribution is 0.0580. The van der Waals surface area contributed by atoms with Crippen LogP contribution in [0.5, 0.6) is 0 Å². The second-order valence-electron chi connectivity index (χ2n) is 8.38. The van der Waals surface area contributed by atoms with E-state index in [1.165, 1.54) is 5.01 Å². The molecule has 28 heavy (non-hydrogen) atoms. The van der Waals surface area contributed by atoms with Crippen LogP contribution in [0.4, 0.5) is 0 Å². The fourth-order valence-corrected chi connectivity index (χ4v) is 2.86. The first-order valence-corrected chi connectivity index (χ1v) is 9.94. The van der Waals surface area contributed by atoms with Gasteiger partial charge in [0.25, 0.3) is 11.8 Å². The molecule has 0 bridgehead atoms. The van der Waals surface area contributed by atoms with E-state index in [-0.39, 0.29) is 17.2 Å². The number of rotatable bonds is 5. The highest BCUT2D eigenvalue weighted by atomic mass is 16.2. The van der Waals surface area contributed by atoms with Crippen LogP contribution in [0.25, 0.3) is 0 Å². The number of carbonyl (C=O) groups is 2. The first-order chi connectivity index (χ1) is 13.1. The average molecular weight is 381 g/mol. The smallest absolute Gasteiger partial charge is 0.267 e. The minimum Gasteiger partial charge on any atom is -0.267 e. The minimum atomic E-state index is -0.270. The molecule has 0 fully saturated rings. The first kappa shape index (κ1) is 21.7. The quantitative estimate of drug-likeness (QED) is 0.726. The molecule has 2 rings (SSSR count). The molecular formula is C24H32N2O2. The number of unbranched alkanes of at least 4 members (excludes halogenated alkanes) is 1. The van der Waals surface area contributed by atoms with Crippen molar-refractivity contribution in [3.8, 4) is 0 Å². The molecule has 2 aromatic rings. The van der Waals surface area contributed by atoms with Gasteiger partial charge in [-0.05, 0) is 66.6 Å². The molecule has 0 aromatic heterocycles. The van der Waals surface area contributed by atoms with E-state index in [1.54, 1.807) is 0 Å². The standard InChI is InChI=1S/C24H32N2O2/c1-7-8-15-26(23(28)20-10-9-17(2)18(3)16-20)25-22(27)19-11-13-21(14-12-19)24(4,5)6/h9-14,16H,7-8,15H2,1-6H3,(H,25,27). The van der Waals surface area contributed by atoms with Crippen LogP contribution < -0.4 is 5.43 Å². The molecule has 0 spiro atoms. The Bertz CT molecular complexity index is 833. The molecule has 0 unspecified atom stereocenters. The Hall–Kier alpha value is -2.62. The molecule has 0 radical (unpaired) electrons. The van der Waals surface area contributed by atoms with E-state index < -0.39 is 0 Å². The molecule has 1 N–H and O–H groups in total. The average Bonchev–Trinajstić information content (AvgIpc) is 2.66. The van der Waals surface area contributed by atoms with E-state index in [4.69, 9.17) is 0 Å². The third kappa shape index (κ3) is 5.44. The fourth-order valence-electron chi connectivity index (χ4n) is 2.86. The van der Waals surface area contributed by atoms with Gasteiger partial charge in [0.1, 0.15) is 0 Å². The summed E-state index contributed by atoms with van der Waals surface area (Å²) in [4.78, 5) is 25.7. The zero-order chi connectivity index (χ0) is 20.9. The maximum atomic E-state index is 13.0. The fraction of sp³-hybridized carbons (Fsp3) is 0.417. The molecule has 4 nitrogen and oxygen atoms in total. The highest BCUT2D eigenvalue weighted by Crippen LogP contribution is 2.22. The minimum absolute atomic E-state index is 0.0292. The topological polar surface area (TPSA) is 49.4 Å². The van der Waals surface area contributed by atoms with Gasteiger partial charge in [0.05, 0.1) is 0 Å². The van der Waals surface area contributed by atoms with Crippen LogP contribution in [0.15, 0.2) is 42.5 Å². The van der Waals surface area contributed by atoms with E-state index >= 15 is 0 Å². The van der Waals surface area contributed by atoms with Gasteiger partial charge in [-0.15, -0.1) is 0 Å². The van der Waals surface area contributed by atoms with Crippen molar-refractivity contribution in [2.24, 2.45) is 0 Å². The summed E-state index contributed by atoms with van der Waals surface area (Å²) < 4.78 is 0. The Kier molecular flexibility index (Phi) is 7.00. The Labute approximate surface area is 168 Å². The van der Waals surface area contributed by atoms with Gasteiger partial charge in [-0.2, -0.15) is 0 Å². The zero-order valence-corrected chi connectivity index (χ0v) is 17.9. The molecule has 0 atom stereocenters. The first-order valence-electron chi connectivity index (χ1n) is 9.94. The number of hydrogen-bond acceptors (Lipinski definition) is 2. The zero-order valence-electron chi connectivity index (χ0n) is 17.9.